The van der Waals surface area contributed by atoms with Crippen molar-refractivity contribution in [2.45, 2.75) is 65.7 Å². The van der Waals surface area contributed by atoms with Gasteiger partial charge < -0.3 is 8.74 Å². The third-order valence-corrected chi connectivity index (χ3v) is 3.68. The van der Waals surface area contributed by atoms with Gasteiger partial charge in [-0.3, -0.25) is 0 Å². The molecule has 0 radical (unpaired) electrons. The van der Waals surface area contributed by atoms with Gasteiger partial charge in [0.25, 0.3) is 0 Å². The molecule has 3 unspecified atom stereocenters. The monoisotopic (exact) mass is 263 g/mol. The second-order valence-corrected chi connectivity index (χ2v) is 5.57. The minimum absolute atomic E-state index is 0.322. The minimum atomic E-state index is -2.35. The topological polar surface area (TPSA) is 49.4 Å². The van der Waals surface area contributed by atoms with Crippen LogP contribution in [0.15, 0.2) is 0 Å². The second kappa shape index (κ2) is 11.2. The predicted molar refractivity (Wildman–Crippen MR) is 71.2 cm³/mol. The molecule has 0 fully saturated rings. The first-order valence-corrected chi connectivity index (χ1v) is 7.82. The fraction of sp³-hybridized carbons (Fsp3) is 1.00. The summed E-state index contributed by atoms with van der Waals surface area (Å²) in [5.41, 5.74) is 0. The molecule has 0 saturated carbocycles. The maximum Gasteiger partial charge on any atom is 0.0842 e. The van der Waals surface area contributed by atoms with Crippen LogP contribution in [0.1, 0.15) is 65.7 Å². The van der Waals surface area contributed by atoms with Crippen molar-refractivity contribution >= 4 is 11.4 Å². The Kier molecular flexibility index (Phi) is 11.2. The summed E-state index contributed by atoms with van der Waals surface area (Å²) < 4.78 is 25.0. The van der Waals surface area contributed by atoms with E-state index >= 15 is 0 Å². The first-order valence-electron chi connectivity index (χ1n) is 6.82. The van der Waals surface area contributed by atoms with E-state index in [1.807, 2.05) is 0 Å². The molecule has 0 aliphatic heterocycles. The molecule has 0 aromatic heterocycles. The van der Waals surface area contributed by atoms with Gasteiger partial charge in [0.05, 0.1) is 18.0 Å². The van der Waals surface area contributed by atoms with Gasteiger partial charge in [0.2, 0.25) is 0 Å². The molecule has 0 N–H and O–H groups in total. The smallest absolute Gasteiger partial charge is 0.0842 e. The van der Waals surface area contributed by atoms with Crippen LogP contribution in [0.4, 0.5) is 0 Å². The van der Waals surface area contributed by atoms with E-state index in [0.717, 1.165) is 12.3 Å². The molecule has 3 atom stereocenters. The summed E-state index contributed by atoms with van der Waals surface area (Å²) in [5, 5.41) is 0. The zero-order chi connectivity index (χ0) is 13.1. The molecule has 0 heterocycles. The molecular weight excluding hydrogens is 236 g/mol. The fourth-order valence-electron chi connectivity index (χ4n) is 2.18. The van der Waals surface area contributed by atoms with Crippen molar-refractivity contribution in [3.63, 3.8) is 0 Å². The molecule has 17 heavy (non-hydrogen) atoms. The summed E-state index contributed by atoms with van der Waals surface area (Å²) in [6, 6.07) is 0. The lowest BCUT2D eigenvalue weighted by molar-refractivity contribution is 0.253. The van der Waals surface area contributed by atoms with Crippen LogP contribution in [0.3, 0.4) is 0 Å². The van der Waals surface area contributed by atoms with Gasteiger partial charge in [0.1, 0.15) is 0 Å². The van der Waals surface area contributed by atoms with Crippen molar-refractivity contribution in [3.05, 3.63) is 0 Å². The van der Waals surface area contributed by atoms with Crippen LogP contribution in [0.25, 0.3) is 0 Å². The SMILES string of the molecule is CCCCCC(CC)CC(C)CCOS(=O)[O-]. The van der Waals surface area contributed by atoms with E-state index in [1.165, 1.54) is 38.5 Å². The predicted octanol–water partition coefficient (Wildman–Crippen LogP) is 3.82. The van der Waals surface area contributed by atoms with Crippen molar-refractivity contribution in [3.8, 4) is 0 Å². The molecule has 0 aromatic rings. The number of hydrogen-bond acceptors (Lipinski definition) is 3. The largest absolute Gasteiger partial charge is 0.750 e. The van der Waals surface area contributed by atoms with Gasteiger partial charge in [-0.15, -0.1) is 0 Å². The Labute approximate surface area is 109 Å². The maximum atomic E-state index is 10.2. The molecule has 0 amide bonds. The lowest BCUT2D eigenvalue weighted by Crippen LogP contribution is -2.09. The lowest BCUT2D eigenvalue weighted by Gasteiger charge is -2.19. The molecule has 0 aromatic carbocycles. The Balaban J connectivity index is 3.65. The molecule has 0 saturated heterocycles. The van der Waals surface area contributed by atoms with Crippen LogP contribution in [-0.4, -0.2) is 15.4 Å². The van der Waals surface area contributed by atoms with Gasteiger partial charge in [0, 0.05) is 0 Å². The van der Waals surface area contributed by atoms with Crippen molar-refractivity contribution in [2.24, 2.45) is 11.8 Å². The third-order valence-electron chi connectivity index (χ3n) is 3.32. The summed E-state index contributed by atoms with van der Waals surface area (Å²) in [5.74, 6) is 1.33. The standard InChI is InChI=1S/C13H28O3S/c1-4-6-7-8-13(5-2)11-12(3)9-10-16-17(14)15/h12-13H,4-11H2,1-3H3,(H,14,15)/p-1. The summed E-state index contributed by atoms with van der Waals surface area (Å²) in [4.78, 5) is 0. The normalized spacial score (nSPS) is 16.7. The summed E-state index contributed by atoms with van der Waals surface area (Å²) in [6.45, 7) is 6.97. The van der Waals surface area contributed by atoms with E-state index in [-0.39, 0.29) is 0 Å². The highest BCUT2D eigenvalue weighted by Gasteiger charge is 2.11. The van der Waals surface area contributed by atoms with E-state index in [1.54, 1.807) is 0 Å². The van der Waals surface area contributed by atoms with E-state index in [4.69, 9.17) is 0 Å². The van der Waals surface area contributed by atoms with Crippen LogP contribution < -0.4 is 0 Å². The Bertz CT molecular complexity index is 197. The van der Waals surface area contributed by atoms with Crippen LogP contribution in [0.2, 0.25) is 0 Å². The summed E-state index contributed by atoms with van der Waals surface area (Å²) >= 11 is -2.35. The van der Waals surface area contributed by atoms with E-state index < -0.39 is 11.4 Å². The molecule has 0 aliphatic carbocycles. The Morgan fingerprint density at radius 1 is 1.24 bits per heavy atom. The molecule has 3 nitrogen and oxygen atoms in total. The first kappa shape index (κ1) is 17.1. The van der Waals surface area contributed by atoms with Gasteiger partial charge >= 0.3 is 0 Å². The summed E-state index contributed by atoms with van der Waals surface area (Å²) in [7, 11) is 0. The fourth-order valence-corrected chi connectivity index (χ4v) is 2.41. The van der Waals surface area contributed by atoms with Gasteiger partial charge in [-0.2, -0.15) is 0 Å². The number of rotatable bonds is 11. The van der Waals surface area contributed by atoms with Gasteiger partial charge in [-0.25, -0.2) is 4.21 Å². The lowest BCUT2D eigenvalue weighted by atomic mass is 9.88. The van der Waals surface area contributed by atoms with E-state index in [0.29, 0.717) is 12.5 Å². The van der Waals surface area contributed by atoms with Gasteiger partial charge in [-0.05, 0) is 24.7 Å². The van der Waals surface area contributed by atoms with Crippen molar-refractivity contribution < 1.29 is 12.9 Å². The Morgan fingerprint density at radius 3 is 2.47 bits per heavy atom. The second-order valence-electron chi connectivity index (χ2n) is 4.93. The van der Waals surface area contributed by atoms with Crippen LogP contribution >= 0.6 is 0 Å². The number of unbranched alkanes of at least 4 members (excludes halogenated alkanes) is 2. The highest BCUT2D eigenvalue weighted by molar-refractivity contribution is 7.74. The molecule has 0 bridgehead atoms. The third kappa shape index (κ3) is 10.9. The highest BCUT2D eigenvalue weighted by atomic mass is 32.2. The average Bonchev–Trinajstić information content (AvgIpc) is 2.27. The van der Waals surface area contributed by atoms with Crippen molar-refractivity contribution in [1.29, 1.82) is 0 Å². The molecule has 0 aliphatic rings. The van der Waals surface area contributed by atoms with Crippen LogP contribution in [0, 0.1) is 11.8 Å². The van der Waals surface area contributed by atoms with Gasteiger partial charge in [0.15, 0.2) is 0 Å². The molecule has 0 rings (SSSR count). The molecule has 0 spiro atoms. The highest BCUT2D eigenvalue weighted by Crippen LogP contribution is 2.23. The Morgan fingerprint density at radius 2 is 1.94 bits per heavy atom. The zero-order valence-electron chi connectivity index (χ0n) is 11.4. The van der Waals surface area contributed by atoms with Crippen LogP contribution in [-0.2, 0) is 15.5 Å². The van der Waals surface area contributed by atoms with Crippen molar-refractivity contribution in [1.82, 2.24) is 0 Å². The average molecular weight is 263 g/mol. The minimum Gasteiger partial charge on any atom is -0.750 e. The summed E-state index contributed by atoms with van der Waals surface area (Å²) in [6.07, 6.45) is 8.47. The van der Waals surface area contributed by atoms with E-state index in [9.17, 15) is 8.76 Å². The number of hydrogen-bond donors (Lipinski definition) is 0. The van der Waals surface area contributed by atoms with Gasteiger partial charge in [-0.1, -0.05) is 52.9 Å². The first-order chi connectivity index (χ1) is 8.10. The Hall–Kier alpha value is 0.0700. The van der Waals surface area contributed by atoms with Crippen LogP contribution in [0.5, 0.6) is 0 Å². The molecular formula is C13H27O3S-. The van der Waals surface area contributed by atoms with E-state index in [2.05, 4.69) is 25.0 Å². The molecule has 4 heteroatoms. The maximum absolute atomic E-state index is 10.2. The quantitative estimate of drug-likeness (QED) is 0.420. The van der Waals surface area contributed by atoms with Crippen molar-refractivity contribution in [2.75, 3.05) is 6.61 Å². The molecule has 104 valence electrons. The zero-order valence-corrected chi connectivity index (χ0v) is 12.3.